The van der Waals surface area contributed by atoms with Crippen LogP contribution in [0.5, 0.6) is 0 Å². The summed E-state index contributed by atoms with van der Waals surface area (Å²) in [6, 6.07) is 1.95. The van der Waals surface area contributed by atoms with Gasteiger partial charge in [-0.3, -0.25) is 5.32 Å². The van der Waals surface area contributed by atoms with Gasteiger partial charge in [0.25, 0.3) is 0 Å². The molecule has 0 amide bonds. The molecule has 86 valence electrons. The fourth-order valence-corrected chi connectivity index (χ4v) is 2.19. The van der Waals surface area contributed by atoms with E-state index in [1.54, 1.807) is 0 Å². The Bertz CT molecular complexity index is 226. The molecule has 1 unspecified atom stereocenters. The lowest BCUT2D eigenvalue weighted by atomic mass is 9.78. The molecule has 1 aliphatic rings. The lowest BCUT2D eigenvalue weighted by Crippen LogP contribution is -2.45. The molecular formula is C12H22N2O. The number of nitrogens with zero attached hydrogens (tertiary/aromatic N) is 1. The van der Waals surface area contributed by atoms with E-state index in [0.717, 1.165) is 31.6 Å². The molecule has 1 saturated carbocycles. The highest BCUT2D eigenvalue weighted by molar-refractivity contribution is 4.92. The van der Waals surface area contributed by atoms with Gasteiger partial charge in [0.1, 0.15) is 0 Å². The summed E-state index contributed by atoms with van der Waals surface area (Å²) < 4.78 is 0. The van der Waals surface area contributed by atoms with Crippen molar-refractivity contribution in [3.63, 3.8) is 0 Å². The molecule has 0 spiro atoms. The summed E-state index contributed by atoms with van der Waals surface area (Å²) in [6.45, 7) is 4.59. The third-order valence-corrected chi connectivity index (χ3v) is 3.54. The molecule has 0 saturated heterocycles. The molecule has 0 radical (unpaired) electrons. The van der Waals surface area contributed by atoms with Crippen molar-refractivity contribution in [1.29, 1.82) is 5.26 Å². The van der Waals surface area contributed by atoms with Crippen molar-refractivity contribution in [2.45, 2.75) is 57.6 Å². The van der Waals surface area contributed by atoms with Crippen LogP contribution in [0.25, 0.3) is 0 Å². The first-order valence-corrected chi connectivity index (χ1v) is 5.95. The molecule has 0 bridgehead atoms. The van der Waals surface area contributed by atoms with Crippen LogP contribution in [0.15, 0.2) is 0 Å². The zero-order valence-electron chi connectivity index (χ0n) is 9.79. The predicted octanol–water partition coefficient (Wildman–Crippen LogP) is 1.82. The van der Waals surface area contributed by atoms with Crippen LogP contribution >= 0.6 is 0 Å². The minimum atomic E-state index is -0.573. The van der Waals surface area contributed by atoms with Crippen molar-refractivity contribution in [2.75, 3.05) is 6.54 Å². The Morgan fingerprint density at radius 3 is 2.60 bits per heavy atom. The van der Waals surface area contributed by atoms with E-state index >= 15 is 0 Å². The van der Waals surface area contributed by atoms with Gasteiger partial charge >= 0.3 is 0 Å². The highest BCUT2D eigenvalue weighted by Gasteiger charge is 2.32. The Balaban J connectivity index is 2.32. The molecule has 3 heteroatoms. The van der Waals surface area contributed by atoms with Gasteiger partial charge in [-0.15, -0.1) is 0 Å². The minimum Gasteiger partial charge on any atom is -0.389 e. The number of nitrogens with one attached hydrogen (secondary N) is 1. The third kappa shape index (κ3) is 3.81. The van der Waals surface area contributed by atoms with E-state index < -0.39 is 5.60 Å². The molecule has 1 aliphatic carbocycles. The Hall–Kier alpha value is -0.590. The molecule has 1 rings (SSSR count). The van der Waals surface area contributed by atoms with E-state index in [1.807, 2.05) is 6.92 Å². The predicted molar refractivity (Wildman–Crippen MR) is 60.3 cm³/mol. The summed E-state index contributed by atoms with van der Waals surface area (Å²) in [4.78, 5) is 0. The van der Waals surface area contributed by atoms with E-state index in [0.29, 0.717) is 6.54 Å². The monoisotopic (exact) mass is 210 g/mol. The SMILES string of the molecule is CCC1CCC(O)(CNC(C)C#N)CC1. The standard InChI is InChI=1S/C12H22N2O/c1-3-11-4-6-12(15,7-5-11)9-14-10(2)8-13/h10-11,14-15H,3-7,9H2,1-2H3. The van der Waals surface area contributed by atoms with Gasteiger partial charge in [-0.2, -0.15) is 5.26 Å². The van der Waals surface area contributed by atoms with E-state index in [2.05, 4.69) is 18.3 Å². The first-order chi connectivity index (χ1) is 7.09. The summed E-state index contributed by atoms with van der Waals surface area (Å²) in [7, 11) is 0. The van der Waals surface area contributed by atoms with E-state index in [1.165, 1.54) is 6.42 Å². The van der Waals surface area contributed by atoms with E-state index in [-0.39, 0.29) is 6.04 Å². The van der Waals surface area contributed by atoms with Crippen molar-refractivity contribution in [3.05, 3.63) is 0 Å². The maximum atomic E-state index is 10.3. The molecule has 2 N–H and O–H groups in total. The molecule has 15 heavy (non-hydrogen) atoms. The smallest absolute Gasteiger partial charge is 0.0925 e. The van der Waals surface area contributed by atoms with Gasteiger partial charge in [-0.25, -0.2) is 0 Å². The molecule has 1 fully saturated rings. The van der Waals surface area contributed by atoms with Crippen LogP contribution in [0.3, 0.4) is 0 Å². The second-order valence-electron chi connectivity index (χ2n) is 4.81. The van der Waals surface area contributed by atoms with Crippen LogP contribution in [0.2, 0.25) is 0 Å². The number of hydrogen-bond donors (Lipinski definition) is 2. The van der Waals surface area contributed by atoms with Crippen molar-refractivity contribution in [3.8, 4) is 6.07 Å². The molecule has 1 atom stereocenters. The van der Waals surface area contributed by atoms with Crippen molar-refractivity contribution in [2.24, 2.45) is 5.92 Å². The molecule has 0 aromatic carbocycles. The van der Waals surface area contributed by atoms with Gasteiger partial charge in [0, 0.05) is 6.54 Å². The number of hydrogen-bond acceptors (Lipinski definition) is 3. The third-order valence-electron chi connectivity index (χ3n) is 3.54. The molecule has 0 aliphatic heterocycles. The van der Waals surface area contributed by atoms with Gasteiger partial charge in [-0.05, 0) is 38.5 Å². The molecule has 0 heterocycles. The summed E-state index contributed by atoms with van der Waals surface area (Å²) in [6.07, 6.45) is 5.21. The maximum absolute atomic E-state index is 10.3. The second kappa shape index (κ2) is 5.48. The van der Waals surface area contributed by atoms with Crippen LogP contribution in [0.4, 0.5) is 0 Å². The largest absolute Gasteiger partial charge is 0.389 e. The number of rotatable bonds is 4. The van der Waals surface area contributed by atoms with Gasteiger partial charge in [0.15, 0.2) is 0 Å². The van der Waals surface area contributed by atoms with Crippen LogP contribution < -0.4 is 5.32 Å². The zero-order valence-corrected chi connectivity index (χ0v) is 9.79. The van der Waals surface area contributed by atoms with Gasteiger partial charge in [0.2, 0.25) is 0 Å². The quantitative estimate of drug-likeness (QED) is 0.744. The highest BCUT2D eigenvalue weighted by Crippen LogP contribution is 2.33. The second-order valence-corrected chi connectivity index (χ2v) is 4.81. The summed E-state index contributed by atoms with van der Waals surface area (Å²) in [5.41, 5.74) is -0.573. The molecule has 3 nitrogen and oxygen atoms in total. The Morgan fingerprint density at radius 2 is 2.13 bits per heavy atom. The van der Waals surface area contributed by atoms with Gasteiger partial charge in [0.05, 0.1) is 17.7 Å². The van der Waals surface area contributed by atoms with Crippen LogP contribution in [0.1, 0.15) is 46.0 Å². The summed E-state index contributed by atoms with van der Waals surface area (Å²) in [5, 5.41) is 22.0. The Morgan fingerprint density at radius 1 is 1.53 bits per heavy atom. The average Bonchev–Trinajstić information content (AvgIpc) is 2.27. The Kier molecular flexibility index (Phi) is 4.56. The van der Waals surface area contributed by atoms with Gasteiger partial charge in [-0.1, -0.05) is 13.3 Å². The van der Waals surface area contributed by atoms with Crippen molar-refractivity contribution >= 4 is 0 Å². The summed E-state index contributed by atoms with van der Waals surface area (Å²) in [5.74, 6) is 0.790. The normalized spacial score (nSPS) is 33.3. The minimum absolute atomic E-state index is 0.169. The van der Waals surface area contributed by atoms with Crippen LogP contribution in [0, 0.1) is 17.2 Å². The van der Waals surface area contributed by atoms with Crippen LogP contribution in [-0.2, 0) is 0 Å². The lowest BCUT2D eigenvalue weighted by molar-refractivity contribution is -0.00926. The zero-order chi connectivity index (χ0) is 11.3. The van der Waals surface area contributed by atoms with E-state index in [4.69, 9.17) is 5.26 Å². The maximum Gasteiger partial charge on any atom is 0.0925 e. The van der Waals surface area contributed by atoms with E-state index in [9.17, 15) is 5.11 Å². The van der Waals surface area contributed by atoms with Gasteiger partial charge < -0.3 is 5.11 Å². The van der Waals surface area contributed by atoms with Crippen molar-refractivity contribution < 1.29 is 5.11 Å². The highest BCUT2D eigenvalue weighted by atomic mass is 16.3. The van der Waals surface area contributed by atoms with Crippen molar-refractivity contribution in [1.82, 2.24) is 5.32 Å². The average molecular weight is 210 g/mol. The molecule has 0 aromatic rings. The number of nitriles is 1. The lowest BCUT2D eigenvalue weighted by Gasteiger charge is -2.36. The van der Waals surface area contributed by atoms with Crippen LogP contribution in [-0.4, -0.2) is 23.3 Å². The molecular weight excluding hydrogens is 188 g/mol. The first-order valence-electron chi connectivity index (χ1n) is 5.95. The topological polar surface area (TPSA) is 56.0 Å². The molecule has 0 aromatic heterocycles. The fraction of sp³-hybridized carbons (Fsp3) is 0.917. The number of aliphatic hydroxyl groups is 1. The summed E-state index contributed by atoms with van der Waals surface area (Å²) >= 11 is 0. The fourth-order valence-electron chi connectivity index (χ4n) is 2.19. The Labute approximate surface area is 92.5 Å². The first kappa shape index (κ1) is 12.5.